The molecule has 1 amide bonds. The van der Waals surface area contributed by atoms with Crippen LogP contribution in [0.2, 0.25) is 0 Å². The highest BCUT2D eigenvalue weighted by molar-refractivity contribution is 6.04. The first-order valence-electron chi connectivity index (χ1n) is 7.93. The lowest BCUT2D eigenvalue weighted by molar-refractivity contribution is -0.149. The maximum atomic E-state index is 11.9. The van der Waals surface area contributed by atoms with Gasteiger partial charge in [0.15, 0.2) is 11.5 Å². The lowest BCUT2D eigenvalue weighted by Crippen LogP contribution is -2.37. The van der Waals surface area contributed by atoms with E-state index >= 15 is 0 Å². The van der Waals surface area contributed by atoms with E-state index in [1.165, 1.54) is 0 Å². The number of aliphatic carboxylic acids is 1. The number of nitrogens with one attached hydrogen (secondary N) is 1. The molecule has 1 aliphatic carbocycles. The number of hydrogen-bond donors (Lipinski definition) is 2. The Hall–Kier alpha value is -2.24. The van der Waals surface area contributed by atoms with Gasteiger partial charge >= 0.3 is 5.97 Å². The predicted molar refractivity (Wildman–Crippen MR) is 84.8 cm³/mol. The quantitative estimate of drug-likeness (QED) is 0.680. The summed E-state index contributed by atoms with van der Waals surface area (Å²) in [7, 11) is 0. The van der Waals surface area contributed by atoms with Gasteiger partial charge in [0, 0.05) is 6.54 Å². The van der Waals surface area contributed by atoms with Crippen LogP contribution in [-0.4, -0.2) is 36.7 Å². The monoisotopic (exact) mass is 321 g/mol. The fourth-order valence-corrected chi connectivity index (χ4v) is 2.40. The van der Waals surface area contributed by atoms with Crippen LogP contribution in [0.4, 0.5) is 0 Å². The Morgan fingerprint density at radius 2 is 1.83 bits per heavy atom. The van der Waals surface area contributed by atoms with E-state index in [2.05, 4.69) is 5.32 Å². The van der Waals surface area contributed by atoms with Crippen LogP contribution < -0.4 is 14.8 Å². The number of carbonyl (C=O) groups is 2. The molecule has 1 aliphatic rings. The normalized spacial score (nSPS) is 14.9. The summed E-state index contributed by atoms with van der Waals surface area (Å²) in [6, 6.07) is 5.67. The van der Waals surface area contributed by atoms with E-state index in [0.717, 1.165) is 5.56 Å². The maximum absolute atomic E-state index is 11.9. The molecule has 6 nitrogen and oxygen atoms in total. The molecule has 6 heteroatoms. The van der Waals surface area contributed by atoms with E-state index in [-0.39, 0.29) is 5.91 Å². The lowest BCUT2D eigenvalue weighted by atomic mass is 10.1. The summed E-state index contributed by atoms with van der Waals surface area (Å²) in [5.41, 5.74) is -0.188. The predicted octanol–water partition coefficient (Wildman–Crippen LogP) is 2.01. The summed E-state index contributed by atoms with van der Waals surface area (Å²) in [6.45, 7) is 5.32. The van der Waals surface area contributed by atoms with Crippen molar-refractivity contribution in [1.29, 1.82) is 0 Å². The van der Waals surface area contributed by atoms with Gasteiger partial charge in [0.2, 0.25) is 5.91 Å². The van der Waals surface area contributed by atoms with E-state index < -0.39 is 11.4 Å². The standard InChI is InChI=1S/C17H23NO5/c1-3-22-13-6-5-12(11-14(13)23-4-2)7-10-18-15(19)17(8-9-17)16(20)21/h5-6,11H,3-4,7-10H2,1-2H3,(H,18,19)(H,20,21). The van der Waals surface area contributed by atoms with Crippen LogP contribution in [0.5, 0.6) is 11.5 Å². The molecule has 0 saturated heterocycles. The molecule has 0 spiro atoms. The molecule has 2 N–H and O–H groups in total. The number of ether oxygens (including phenoxy) is 2. The molecular weight excluding hydrogens is 298 g/mol. The van der Waals surface area contributed by atoms with Gasteiger partial charge in [-0.2, -0.15) is 0 Å². The van der Waals surface area contributed by atoms with Gasteiger partial charge in [-0.25, -0.2) is 0 Å². The van der Waals surface area contributed by atoms with Crippen LogP contribution in [0, 0.1) is 5.41 Å². The number of rotatable bonds is 9. The molecule has 1 fully saturated rings. The topological polar surface area (TPSA) is 84.9 Å². The second-order valence-corrected chi connectivity index (χ2v) is 5.54. The summed E-state index contributed by atoms with van der Waals surface area (Å²) in [4.78, 5) is 23.0. The first kappa shape index (κ1) is 17.1. The smallest absolute Gasteiger partial charge is 0.319 e. The van der Waals surface area contributed by atoms with Gasteiger partial charge in [0.05, 0.1) is 13.2 Å². The van der Waals surface area contributed by atoms with E-state index in [1.54, 1.807) is 0 Å². The van der Waals surface area contributed by atoms with E-state index in [0.29, 0.717) is 50.5 Å². The molecule has 1 saturated carbocycles. The van der Waals surface area contributed by atoms with Crippen molar-refractivity contribution in [1.82, 2.24) is 5.32 Å². The first-order valence-corrected chi connectivity index (χ1v) is 7.93. The molecule has 23 heavy (non-hydrogen) atoms. The Balaban J connectivity index is 1.91. The third kappa shape index (κ3) is 3.94. The minimum absolute atomic E-state index is 0.388. The Kier molecular flexibility index (Phi) is 5.47. The number of carboxylic acids is 1. The van der Waals surface area contributed by atoms with E-state index in [1.807, 2.05) is 32.0 Å². The number of hydrogen-bond acceptors (Lipinski definition) is 4. The highest BCUT2D eigenvalue weighted by Gasteiger charge is 2.56. The maximum Gasteiger partial charge on any atom is 0.319 e. The molecule has 0 heterocycles. The molecule has 1 aromatic rings. The molecule has 0 bridgehead atoms. The van der Waals surface area contributed by atoms with Crippen LogP contribution in [0.1, 0.15) is 32.3 Å². The van der Waals surface area contributed by atoms with Gasteiger partial charge in [0.25, 0.3) is 0 Å². The van der Waals surface area contributed by atoms with Crippen molar-refractivity contribution in [2.75, 3.05) is 19.8 Å². The van der Waals surface area contributed by atoms with Crippen molar-refractivity contribution in [2.45, 2.75) is 33.1 Å². The van der Waals surface area contributed by atoms with Gasteiger partial charge < -0.3 is 19.9 Å². The van der Waals surface area contributed by atoms with Gasteiger partial charge in [0.1, 0.15) is 5.41 Å². The van der Waals surface area contributed by atoms with Gasteiger partial charge in [-0.3, -0.25) is 9.59 Å². The molecule has 126 valence electrons. The zero-order valence-corrected chi connectivity index (χ0v) is 13.6. The molecule has 0 atom stereocenters. The van der Waals surface area contributed by atoms with E-state index in [9.17, 15) is 9.59 Å². The fourth-order valence-electron chi connectivity index (χ4n) is 2.40. The van der Waals surface area contributed by atoms with Crippen LogP contribution >= 0.6 is 0 Å². The summed E-state index contributed by atoms with van der Waals surface area (Å²) >= 11 is 0. The van der Waals surface area contributed by atoms with Crippen LogP contribution in [0.3, 0.4) is 0 Å². The molecule has 0 radical (unpaired) electrons. The second-order valence-electron chi connectivity index (χ2n) is 5.54. The minimum atomic E-state index is -1.19. The highest BCUT2D eigenvalue weighted by Crippen LogP contribution is 2.46. The van der Waals surface area contributed by atoms with Crippen molar-refractivity contribution in [3.8, 4) is 11.5 Å². The molecule has 0 aliphatic heterocycles. The van der Waals surface area contributed by atoms with Gasteiger partial charge in [-0.1, -0.05) is 6.07 Å². The fraction of sp³-hybridized carbons (Fsp3) is 0.529. The lowest BCUT2D eigenvalue weighted by Gasteiger charge is -2.13. The summed E-state index contributed by atoms with van der Waals surface area (Å²) in [6.07, 6.45) is 1.45. The van der Waals surface area contributed by atoms with Crippen LogP contribution in [-0.2, 0) is 16.0 Å². The number of benzene rings is 1. The van der Waals surface area contributed by atoms with E-state index in [4.69, 9.17) is 14.6 Å². The Morgan fingerprint density at radius 3 is 2.39 bits per heavy atom. The summed E-state index contributed by atoms with van der Waals surface area (Å²) in [5, 5.41) is 11.8. The van der Waals surface area contributed by atoms with Crippen molar-refractivity contribution in [3.05, 3.63) is 23.8 Å². The molecule has 1 aromatic carbocycles. The Morgan fingerprint density at radius 1 is 1.17 bits per heavy atom. The third-order valence-electron chi connectivity index (χ3n) is 3.90. The molecule has 0 unspecified atom stereocenters. The van der Waals surface area contributed by atoms with Gasteiger partial charge in [-0.05, 0) is 50.8 Å². The Labute approximate surface area is 135 Å². The highest BCUT2D eigenvalue weighted by atomic mass is 16.5. The van der Waals surface area contributed by atoms with Crippen molar-refractivity contribution >= 4 is 11.9 Å². The molecule has 2 rings (SSSR count). The van der Waals surface area contributed by atoms with Crippen LogP contribution in [0.25, 0.3) is 0 Å². The van der Waals surface area contributed by atoms with Crippen LogP contribution in [0.15, 0.2) is 18.2 Å². The SMILES string of the molecule is CCOc1ccc(CCNC(=O)C2(C(=O)O)CC2)cc1OCC. The van der Waals surface area contributed by atoms with Crippen molar-refractivity contribution < 1.29 is 24.2 Å². The van der Waals surface area contributed by atoms with Crippen molar-refractivity contribution in [2.24, 2.45) is 5.41 Å². The second kappa shape index (κ2) is 7.35. The van der Waals surface area contributed by atoms with Gasteiger partial charge in [-0.15, -0.1) is 0 Å². The number of amides is 1. The molecule has 0 aromatic heterocycles. The largest absolute Gasteiger partial charge is 0.490 e. The zero-order valence-electron chi connectivity index (χ0n) is 13.6. The average Bonchev–Trinajstić information content (AvgIpc) is 3.32. The number of carboxylic acid groups (broad SMARTS) is 1. The third-order valence-corrected chi connectivity index (χ3v) is 3.90. The zero-order chi connectivity index (χ0) is 16.9. The van der Waals surface area contributed by atoms with Crippen molar-refractivity contribution in [3.63, 3.8) is 0 Å². The molecular formula is C17H23NO5. The average molecular weight is 321 g/mol. The Bertz CT molecular complexity index is 580. The summed E-state index contributed by atoms with van der Waals surface area (Å²) in [5.74, 6) is -0.0389. The first-order chi connectivity index (χ1) is 11.0. The minimum Gasteiger partial charge on any atom is -0.490 e. The number of carbonyl (C=O) groups excluding carboxylic acids is 1. The summed E-state index contributed by atoms with van der Waals surface area (Å²) < 4.78 is 11.1.